The molecule has 1 fully saturated rings. The molecule has 0 aromatic carbocycles. The molecule has 0 aromatic heterocycles. The van der Waals surface area contributed by atoms with E-state index < -0.39 is 12.1 Å². The molecule has 1 saturated heterocycles. The second-order valence-corrected chi connectivity index (χ2v) is 5.08. The van der Waals surface area contributed by atoms with E-state index in [4.69, 9.17) is 15.7 Å². The van der Waals surface area contributed by atoms with E-state index in [0.29, 0.717) is 32.4 Å². The number of carbonyl (C=O) groups is 3. The minimum absolute atomic E-state index is 0.00458. The first-order valence-corrected chi connectivity index (χ1v) is 6.50. The Labute approximate surface area is 115 Å². The molecule has 20 heavy (non-hydrogen) atoms. The minimum Gasteiger partial charge on any atom is -0.477 e. The maximum atomic E-state index is 12.1. The van der Waals surface area contributed by atoms with Crippen molar-refractivity contribution in [3.8, 4) is 0 Å². The van der Waals surface area contributed by atoms with Gasteiger partial charge in [0.2, 0.25) is 12.0 Å². The van der Waals surface area contributed by atoms with Gasteiger partial charge in [-0.1, -0.05) is 5.16 Å². The Bertz CT molecular complexity index is 454. The zero-order chi connectivity index (χ0) is 14.7. The van der Waals surface area contributed by atoms with E-state index in [2.05, 4.69) is 5.16 Å². The Morgan fingerprint density at radius 1 is 1.35 bits per heavy atom. The van der Waals surface area contributed by atoms with Crippen molar-refractivity contribution in [1.82, 2.24) is 4.90 Å². The Kier molecular flexibility index (Phi) is 4.21. The highest BCUT2D eigenvalue weighted by Crippen LogP contribution is 2.22. The molecular formula is C12H17N3O5. The largest absolute Gasteiger partial charge is 0.477 e. The molecule has 2 rings (SSSR count). The molecule has 0 aliphatic carbocycles. The van der Waals surface area contributed by atoms with E-state index in [1.165, 1.54) is 0 Å². The second kappa shape index (κ2) is 5.89. The van der Waals surface area contributed by atoms with Gasteiger partial charge in [-0.05, 0) is 18.8 Å². The topological polar surface area (TPSA) is 122 Å². The van der Waals surface area contributed by atoms with E-state index in [1.54, 1.807) is 4.90 Å². The number of carbonyl (C=O) groups excluding carboxylic acids is 2. The molecule has 0 saturated carbocycles. The number of nitrogens with zero attached hydrogens (tertiary/aromatic N) is 2. The normalized spacial score (nSPS) is 23.1. The molecule has 2 amide bonds. The Balaban J connectivity index is 1.81. The van der Waals surface area contributed by atoms with Crippen molar-refractivity contribution in [2.24, 2.45) is 16.8 Å². The van der Waals surface area contributed by atoms with Crippen LogP contribution in [0.5, 0.6) is 0 Å². The zero-order valence-corrected chi connectivity index (χ0v) is 10.9. The van der Waals surface area contributed by atoms with Gasteiger partial charge in [0.05, 0.1) is 0 Å². The van der Waals surface area contributed by atoms with Gasteiger partial charge in [-0.15, -0.1) is 0 Å². The quantitative estimate of drug-likeness (QED) is 0.708. The summed E-state index contributed by atoms with van der Waals surface area (Å²) in [4.78, 5) is 40.2. The summed E-state index contributed by atoms with van der Waals surface area (Å²) in [5, 5.41) is 12.2. The van der Waals surface area contributed by atoms with Gasteiger partial charge < -0.3 is 20.6 Å². The minimum atomic E-state index is -1.17. The van der Waals surface area contributed by atoms with Crippen LogP contribution in [0.25, 0.3) is 0 Å². The van der Waals surface area contributed by atoms with E-state index >= 15 is 0 Å². The van der Waals surface area contributed by atoms with Crippen LogP contribution in [0, 0.1) is 5.92 Å². The molecule has 2 heterocycles. The Morgan fingerprint density at radius 3 is 2.50 bits per heavy atom. The van der Waals surface area contributed by atoms with Crippen LogP contribution in [0.1, 0.15) is 25.7 Å². The molecular weight excluding hydrogens is 266 g/mol. The van der Waals surface area contributed by atoms with Crippen molar-refractivity contribution in [2.45, 2.75) is 31.8 Å². The first-order valence-electron chi connectivity index (χ1n) is 6.50. The van der Waals surface area contributed by atoms with Crippen LogP contribution in [-0.4, -0.2) is 52.7 Å². The van der Waals surface area contributed by atoms with Crippen LogP contribution in [0.3, 0.4) is 0 Å². The third-order valence-corrected chi connectivity index (χ3v) is 3.61. The second-order valence-electron chi connectivity index (χ2n) is 5.08. The van der Waals surface area contributed by atoms with Crippen LogP contribution in [0.4, 0.5) is 0 Å². The smallest absolute Gasteiger partial charge is 0.353 e. The number of carboxylic acid groups (broad SMARTS) is 1. The summed E-state index contributed by atoms with van der Waals surface area (Å²) in [5.74, 6) is -1.52. The number of hydrogen-bond acceptors (Lipinski definition) is 5. The van der Waals surface area contributed by atoms with Crippen molar-refractivity contribution < 1.29 is 24.3 Å². The lowest BCUT2D eigenvalue weighted by molar-refractivity contribution is -0.143. The van der Waals surface area contributed by atoms with Crippen LogP contribution in [0.15, 0.2) is 5.16 Å². The van der Waals surface area contributed by atoms with Crippen molar-refractivity contribution in [3.05, 3.63) is 0 Å². The van der Waals surface area contributed by atoms with Crippen molar-refractivity contribution in [2.75, 3.05) is 13.1 Å². The molecule has 2 aliphatic rings. The fourth-order valence-electron chi connectivity index (χ4n) is 2.48. The predicted molar refractivity (Wildman–Crippen MR) is 67.7 cm³/mol. The molecule has 0 spiro atoms. The summed E-state index contributed by atoms with van der Waals surface area (Å²) < 4.78 is 0. The molecule has 110 valence electrons. The first kappa shape index (κ1) is 14.3. The number of piperidine rings is 1. The fourth-order valence-corrected chi connectivity index (χ4v) is 2.48. The molecule has 0 bridgehead atoms. The maximum Gasteiger partial charge on any atom is 0.353 e. The van der Waals surface area contributed by atoms with E-state index in [9.17, 15) is 14.4 Å². The third kappa shape index (κ3) is 3.25. The number of amides is 2. The summed E-state index contributed by atoms with van der Waals surface area (Å²) in [6.45, 7) is 1.05. The summed E-state index contributed by atoms with van der Waals surface area (Å²) >= 11 is 0. The van der Waals surface area contributed by atoms with Crippen molar-refractivity contribution >= 4 is 23.5 Å². The van der Waals surface area contributed by atoms with Crippen molar-refractivity contribution in [1.29, 1.82) is 0 Å². The molecule has 1 atom stereocenters. The molecule has 8 heteroatoms. The number of hydrogen-bond donors (Lipinski definition) is 2. The number of primary amides is 1. The average Bonchev–Trinajstić information content (AvgIpc) is 2.88. The highest BCUT2D eigenvalue weighted by molar-refractivity contribution is 6.36. The van der Waals surface area contributed by atoms with Crippen molar-refractivity contribution in [3.63, 3.8) is 0 Å². The number of aliphatic carboxylic acids is 1. The molecule has 0 aromatic rings. The Morgan fingerprint density at radius 2 is 2.00 bits per heavy atom. The van der Waals surface area contributed by atoms with E-state index in [1.807, 2.05) is 0 Å². The van der Waals surface area contributed by atoms with Gasteiger partial charge in [-0.25, -0.2) is 4.79 Å². The number of rotatable bonds is 4. The summed E-state index contributed by atoms with van der Waals surface area (Å²) in [7, 11) is 0. The van der Waals surface area contributed by atoms with Gasteiger partial charge in [-0.3, -0.25) is 9.59 Å². The lowest BCUT2D eigenvalue weighted by Gasteiger charge is -2.32. The highest BCUT2D eigenvalue weighted by Gasteiger charge is 2.35. The third-order valence-electron chi connectivity index (χ3n) is 3.61. The van der Waals surface area contributed by atoms with Gasteiger partial charge in [0.25, 0.3) is 5.91 Å². The van der Waals surface area contributed by atoms with E-state index in [-0.39, 0.29) is 29.9 Å². The van der Waals surface area contributed by atoms with Gasteiger partial charge >= 0.3 is 5.97 Å². The lowest BCUT2D eigenvalue weighted by Crippen LogP contribution is -2.44. The van der Waals surface area contributed by atoms with Gasteiger partial charge in [0.15, 0.2) is 5.71 Å². The molecule has 0 radical (unpaired) electrons. The van der Waals surface area contributed by atoms with Gasteiger partial charge in [0.1, 0.15) is 0 Å². The molecule has 1 unspecified atom stereocenters. The lowest BCUT2D eigenvalue weighted by atomic mass is 9.93. The van der Waals surface area contributed by atoms with Gasteiger partial charge in [0, 0.05) is 25.9 Å². The monoisotopic (exact) mass is 283 g/mol. The Hall–Kier alpha value is -2.12. The first-order chi connectivity index (χ1) is 9.47. The van der Waals surface area contributed by atoms with E-state index in [0.717, 1.165) is 0 Å². The number of oxime groups is 1. The van der Waals surface area contributed by atoms with Crippen LogP contribution >= 0.6 is 0 Å². The summed E-state index contributed by atoms with van der Waals surface area (Å²) in [6, 6.07) is 0. The standard InChI is InChI=1S/C12H17N3O5/c13-10(16)5-7-1-3-15(4-2-7)11(17)9-6-8(12(18)19)14-20-9/h7,9H,1-6H2,(H2,13,16)(H,18,19). The highest BCUT2D eigenvalue weighted by atomic mass is 16.6. The van der Waals surface area contributed by atoms with Crippen LogP contribution in [-0.2, 0) is 19.2 Å². The summed E-state index contributed by atoms with van der Waals surface area (Å²) in [5.41, 5.74) is 5.02. The average molecular weight is 283 g/mol. The molecule has 3 N–H and O–H groups in total. The molecule has 8 nitrogen and oxygen atoms in total. The summed E-state index contributed by atoms with van der Waals surface area (Å²) in [6.07, 6.45) is 0.930. The number of carboxylic acids is 1. The van der Waals surface area contributed by atoms with Crippen LogP contribution in [0.2, 0.25) is 0 Å². The fraction of sp³-hybridized carbons (Fsp3) is 0.667. The van der Waals surface area contributed by atoms with Gasteiger partial charge in [-0.2, -0.15) is 0 Å². The zero-order valence-electron chi connectivity index (χ0n) is 10.9. The number of likely N-dealkylation sites (tertiary alicyclic amines) is 1. The molecule has 2 aliphatic heterocycles. The number of nitrogens with two attached hydrogens (primary N) is 1. The SMILES string of the molecule is NC(=O)CC1CCN(C(=O)C2CC(C(=O)O)=NO2)CC1. The maximum absolute atomic E-state index is 12.1. The predicted octanol–water partition coefficient (Wildman–Crippen LogP) is -0.670. The van der Waals surface area contributed by atoms with Crippen LogP contribution < -0.4 is 5.73 Å².